The molecule has 1 amide bonds. The summed E-state index contributed by atoms with van der Waals surface area (Å²) >= 11 is 6.31. The number of nitrogens with one attached hydrogen (secondary N) is 1. The minimum atomic E-state index is -0.882. The van der Waals surface area contributed by atoms with Crippen molar-refractivity contribution in [1.29, 1.82) is 0 Å². The van der Waals surface area contributed by atoms with E-state index in [1.165, 1.54) is 11.2 Å². The lowest BCUT2D eigenvalue weighted by Gasteiger charge is -2.32. The van der Waals surface area contributed by atoms with Gasteiger partial charge in [0.05, 0.1) is 11.7 Å². The monoisotopic (exact) mass is 534 g/mol. The van der Waals surface area contributed by atoms with Gasteiger partial charge in [0.25, 0.3) is 5.56 Å². The van der Waals surface area contributed by atoms with Crippen LogP contribution in [0.4, 0.5) is 4.79 Å². The van der Waals surface area contributed by atoms with E-state index in [9.17, 15) is 14.7 Å². The number of imidazole rings is 1. The summed E-state index contributed by atoms with van der Waals surface area (Å²) in [7, 11) is 1.64. The predicted octanol–water partition coefficient (Wildman–Crippen LogP) is 4.04. The van der Waals surface area contributed by atoms with E-state index in [2.05, 4.69) is 25.5 Å². The number of hydrogen-bond acceptors (Lipinski definition) is 6. The molecule has 4 heterocycles. The van der Waals surface area contributed by atoms with E-state index in [1.54, 1.807) is 23.9 Å². The van der Waals surface area contributed by atoms with E-state index >= 15 is 0 Å². The highest BCUT2D eigenvalue weighted by Gasteiger charge is 2.31. The summed E-state index contributed by atoms with van der Waals surface area (Å²) in [6.07, 6.45) is 7.48. The summed E-state index contributed by atoms with van der Waals surface area (Å²) < 4.78 is 3.38. The number of fused-ring (bicyclic) bond motifs is 1. The minimum absolute atomic E-state index is 0.0569. The van der Waals surface area contributed by atoms with E-state index in [0.29, 0.717) is 10.9 Å². The molecule has 2 N–H and O–H groups in total. The molecule has 196 valence electrons. The maximum Gasteiger partial charge on any atom is 0.407 e. The second-order valence-corrected chi connectivity index (χ2v) is 10.5. The van der Waals surface area contributed by atoms with Crippen LogP contribution < -0.4 is 5.56 Å². The van der Waals surface area contributed by atoms with Crippen molar-refractivity contribution in [2.75, 3.05) is 7.05 Å². The average molecular weight is 535 g/mol. The van der Waals surface area contributed by atoms with Crippen molar-refractivity contribution >= 4 is 17.7 Å². The maximum absolute atomic E-state index is 13.4. The van der Waals surface area contributed by atoms with Crippen LogP contribution in [0, 0.1) is 0 Å². The molecular formula is C26H27ClN8O3. The largest absolute Gasteiger partial charge is 0.465 e. The van der Waals surface area contributed by atoms with Gasteiger partial charge in [-0.2, -0.15) is 4.68 Å². The molecule has 6 rings (SSSR count). The van der Waals surface area contributed by atoms with Crippen LogP contribution in [0.25, 0.3) is 16.8 Å². The van der Waals surface area contributed by atoms with Crippen LogP contribution in [0.3, 0.4) is 0 Å². The normalized spacial score (nSPS) is 20.8. The Morgan fingerprint density at radius 3 is 2.71 bits per heavy atom. The number of amides is 1. The highest BCUT2D eigenvalue weighted by molar-refractivity contribution is 6.31. The fourth-order valence-corrected chi connectivity index (χ4v) is 6.05. The zero-order valence-electron chi connectivity index (χ0n) is 20.8. The molecular weight excluding hydrogens is 508 g/mol. The van der Waals surface area contributed by atoms with Gasteiger partial charge in [-0.1, -0.05) is 11.6 Å². The Labute approximate surface area is 223 Å². The molecule has 1 aliphatic heterocycles. The number of halogens is 1. The summed E-state index contributed by atoms with van der Waals surface area (Å²) in [6, 6.07) is 8.98. The molecule has 38 heavy (non-hydrogen) atoms. The van der Waals surface area contributed by atoms with Crippen molar-refractivity contribution < 1.29 is 9.90 Å². The topological polar surface area (TPSA) is 135 Å². The van der Waals surface area contributed by atoms with Crippen LogP contribution in [-0.2, 0) is 6.42 Å². The van der Waals surface area contributed by atoms with Crippen LogP contribution in [0.1, 0.15) is 61.3 Å². The number of nitrogens with zero attached hydrogens (tertiary/aromatic N) is 7. The van der Waals surface area contributed by atoms with Gasteiger partial charge < -0.3 is 19.6 Å². The first kappa shape index (κ1) is 24.4. The molecule has 11 nitrogen and oxygen atoms in total. The molecule has 1 aliphatic carbocycles. The average Bonchev–Trinajstić information content (AvgIpc) is 3.69. The van der Waals surface area contributed by atoms with Gasteiger partial charge in [-0.25, -0.2) is 9.78 Å². The lowest BCUT2D eigenvalue weighted by molar-refractivity contribution is 0.124. The van der Waals surface area contributed by atoms with Gasteiger partial charge in [-0.3, -0.25) is 4.79 Å². The zero-order chi connectivity index (χ0) is 26.4. The third-order valence-electron chi connectivity index (χ3n) is 7.92. The van der Waals surface area contributed by atoms with E-state index in [1.807, 2.05) is 29.0 Å². The summed E-state index contributed by atoms with van der Waals surface area (Å²) in [4.78, 5) is 34.3. The molecule has 1 saturated carbocycles. The summed E-state index contributed by atoms with van der Waals surface area (Å²) in [6.45, 7) is 0. The Morgan fingerprint density at radius 1 is 1.16 bits per heavy atom. The van der Waals surface area contributed by atoms with Crippen molar-refractivity contribution in [3.8, 4) is 16.8 Å². The molecule has 0 spiro atoms. The Bertz CT molecular complexity index is 1540. The number of tetrazole rings is 1. The minimum Gasteiger partial charge on any atom is -0.465 e. The fraction of sp³-hybridized carbons (Fsp3) is 0.385. The predicted molar refractivity (Wildman–Crippen MR) is 140 cm³/mol. The Morgan fingerprint density at radius 2 is 1.97 bits per heavy atom. The molecule has 1 fully saturated rings. The highest BCUT2D eigenvalue weighted by atomic mass is 35.5. The van der Waals surface area contributed by atoms with Crippen LogP contribution in [0.5, 0.6) is 0 Å². The zero-order valence-corrected chi connectivity index (χ0v) is 21.5. The van der Waals surface area contributed by atoms with Crippen molar-refractivity contribution in [2.24, 2.45) is 0 Å². The molecule has 1 atom stereocenters. The van der Waals surface area contributed by atoms with Crippen molar-refractivity contribution in [3.05, 3.63) is 75.4 Å². The summed E-state index contributed by atoms with van der Waals surface area (Å²) in [5.74, 6) is 1.10. The van der Waals surface area contributed by atoms with Crippen molar-refractivity contribution in [3.63, 3.8) is 0 Å². The SMILES string of the molecule is CN(C(=O)O)C1CCC(c2cnc([C@@H]3CCc4cc(-c5cc(Cl)ccc5-n5cnnn5)cc(=O)n43)[nH]2)CC1. The number of carbonyl (C=O) groups is 1. The van der Waals surface area contributed by atoms with Crippen LogP contribution in [0.2, 0.25) is 5.02 Å². The number of benzene rings is 1. The first-order chi connectivity index (χ1) is 18.4. The molecule has 0 radical (unpaired) electrons. The van der Waals surface area contributed by atoms with Gasteiger partial charge in [0.15, 0.2) is 0 Å². The lowest BCUT2D eigenvalue weighted by atomic mass is 9.84. The second-order valence-electron chi connectivity index (χ2n) is 10.0. The number of rotatable bonds is 5. The number of aromatic nitrogens is 7. The number of aryl methyl sites for hydroxylation is 1. The van der Waals surface area contributed by atoms with Gasteiger partial charge in [0.1, 0.15) is 12.2 Å². The van der Waals surface area contributed by atoms with Crippen molar-refractivity contribution in [1.82, 2.24) is 39.6 Å². The smallest absolute Gasteiger partial charge is 0.407 e. The van der Waals surface area contributed by atoms with Gasteiger partial charge >= 0.3 is 6.09 Å². The molecule has 0 bridgehead atoms. The fourth-order valence-electron chi connectivity index (χ4n) is 5.88. The molecule has 3 aromatic heterocycles. The standard InChI is InChI=1S/C26H27ClN8O3/c1-33(26(37)38)18-5-2-15(3-6-18)21-13-28-25(30-21)23-9-7-19-10-16(11-24(36)35(19)23)20-12-17(27)4-8-22(20)34-14-29-31-32-34/h4,8,10-15,18,23H,2-3,5-7,9H2,1H3,(H,28,30)(H,37,38)/t15?,18?,23-/m0/s1. The van der Waals surface area contributed by atoms with E-state index in [0.717, 1.165) is 72.6 Å². The van der Waals surface area contributed by atoms with E-state index < -0.39 is 6.09 Å². The highest BCUT2D eigenvalue weighted by Crippen LogP contribution is 2.37. The van der Waals surface area contributed by atoms with E-state index in [-0.39, 0.29) is 17.6 Å². The molecule has 2 aliphatic rings. The van der Waals surface area contributed by atoms with Gasteiger partial charge in [0, 0.05) is 53.2 Å². The number of aromatic amines is 1. The van der Waals surface area contributed by atoms with Gasteiger partial charge in [0.2, 0.25) is 0 Å². The Kier molecular flexibility index (Phi) is 6.22. The van der Waals surface area contributed by atoms with Gasteiger partial charge in [-0.05, 0) is 78.8 Å². The van der Waals surface area contributed by atoms with Gasteiger partial charge in [-0.15, -0.1) is 5.10 Å². The molecule has 1 aromatic carbocycles. The van der Waals surface area contributed by atoms with Crippen LogP contribution in [0.15, 0.2) is 47.7 Å². The van der Waals surface area contributed by atoms with E-state index in [4.69, 9.17) is 11.6 Å². The first-order valence-electron chi connectivity index (χ1n) is 12.7. The second kappa shape index (κ2) is 9.71. The quantitative estimate of drug-likeness (QED) is 0.394. The Hall–Kier alpha value is -3.99. The number of H-pyrrole nitrogens is 1. The number of carboxylic acid groups (broad SMARTS) is 1. The summed E-state index contributed by atoms with van der Waals surface area (Å²) in [5.41, 5.74) is 4.17. The molecule has 0 unspecified atom stereocenters. The number of pyridine rings is 1. The lowest BCUT2D eigenvalue weighted by Crippen LogP contribution is -2.38. The third-order valence-corrected chi connectivity index (χ3v) is 8.15. The van der Waals surface area contributed by atoms with Crippen molar-refractivity contribution in [2.45, 2.75) is 56.5 Å². The molecule has 12 heteroatoms. The first-order valence-corrected chi connectivity index (χ1v) is 13.1. The molecule has 4 aromatic rings. The maximum atomic E-state index is 13.4. The Balaban J connectivity index is 1.25. The molecule has 0 saturated heterocycles. The van der Waals surface area contributed by atoms with Crippen LogP contribution in [-0.4, -0.2) is 63.9 Å². The summed E-state index contributed by atoms with van der Waals surface area (Å²) in [5, 5.41) is 21.3. The van der Waals surface area contributed by atoms with Crippen LogP contribution >= 0.6 is 11.6 Å². The third kappa shape index (κ3) is 4.36. The number of hydrogen-bond donors (Lipinski definition) is 2.